The summed E-state index contributed by atoms with van der Waals surface area (Å²) >= 11 is 0. The number of benzene rings is 2. The van der Waals surface area contributed by atoms with Crippen molar-refractivity contribution in [2.75, 3.05) is 26.4 Å². The van der Waals surface area contributed by atoms with Crippen LogP contribution in [-0.2, 0) is 28.6 Å². The van der Waals surface area contributed by atoms with Crippen molar-refractivity contribution >= 4 is 23.9 Å². The van der Waals surface area contributed by atoms with Crippen LogP contribution in [0.25, 0.3) is 0 Å². The van der Waals surface area contributed by atoms with Crippen LogP contribution >= 0.6 is 0 Å². The minimum absolute atomic E-state index is 0.310. The van der Waals surface area contributed by atoms with E-state index < -0.39 is 23.9 Å². The molecule has 0 N–H and O–H groups in total. The smallest absolute Gasteiger partial charge is 0.343 e. The summed E-state index contributed by atoms with van der Waals surface area (Å²) in [4.78, 5) is 47.8. The molecule has 0 heterocycles. The van der Waals surface area contributed by atoms with E-state index in [0.29, 0.717) is 66.1 Å². The third-order valence-corrected chi connectivity index (χ3v) is 7.34. The van der Waals surface area contributed by atoms with Crippen LogP contribution in [0.5, 0.6) is 17.2 Å². The summed E-state index contributed by atoms with van der Waals surface area (Å²) in [5.74, 6) is 0.0399. The van der Waals surface area contributed by atoms with E-state index in [2.05, 4.69) is 13.2 Å². The number of allylic oxidation sites excluding steroid dienone is 3. The van der Waals surface area contributed by atoms with Crippen LogP contribution in [-0.4, -0.2) is 50.3 Å². The molecular weight excluding hydrogens is 652 g/mol. The summed E-state index contributed by atoms with van der Waals surface area (Å²) in [5.41, 5.74) is 1.33. The van der Waals surface area contributed by atoms with Gasteiger partial charge in [-0.1, -0.05) is 19.2 Å². The lowest BCUT2D eigenvalue weighted by Gasteiger charge is -2.11. The first-order valence-electron chi connectivity index (χ1n) is 17.2. The predicted octanol–water partition coefficient (Wildman–Crippen LogP) is 8.50. The van der Waals surface area contributed by atoms with Crippen molar-refractivity contribution < 1.29 is 47.6 Å². The topological polar surface area (TPSA) is 124 Å². The molecule has 0 saturated carbocycles. The molecule has 10 heteroatoms. The Hall–Kier alpha value is -5.38. The number of unbranched alkanes of at least 4 members (excludes halogenated alkanes) is 6. The molecule has 2 rings (SSSR count). The molecule has 0 unspecified atom stereocenters. The lowest BCUT2D eigenvalue weighted by Crippen LogP contribution is -2.11. The Labute approximate surface area is 301 Å². The molecule has 0 aliphatic carbocycles. The van der Waals surface area contributed by atoms with Crippen molar-refractivity contribution in [3.8, 4) is 17.2 Å². The second-order valence-electron chi connectivity index (χ2n) is 11.3. The highest BCUT2D eigenvalue weighted by atomic mass is 16.5. The highest BCUT2D eigenvalue weighted by Gasteiger charge is 2.14. The lowest BCUT2D eigenvalue weighted by atomic mass is 10.2. The SMILES string of the molecule is C=CC(=O)OCCCCCCOC(/C=C\C(=C/C)C(=O)Oc1ccc(OC(=O)c2ccc(OCCCCCCOC(=O)C=C)cc2)c(C)c1)=C/C. The van der Waals surface area contributed by atoms with Crippen molar-refractivity contribution in [1.82, 2.24) is 0 Å². The van der Waals surface area contributed by atoms with Gasteiger partial charge in [0, 0.05) is 12.2 Å². The predicted molar refractivity (Wildman–Crippen MR) is 196 cm³/mol. The Balaban J connectivity index is 1.76. The maximum absolute atomic E-state index is 12.9. The van der Waals surface area contributed by atoms with Crippen molar-refractivity contribution in [3.05, 3.63) is 115 Å². The van der Waals surface area contributed by atoms with E-state index in [4.69, 9.17) is 28.4 Å². The van der Waals surface area contributed by atoms with Gasteiger partial charge in [0.25, 0.3) is 0 Å². The standard InChI is InChI=1S/C41H50O10/c1-6-32(18-21-34(7-2)46-26-14-10-12-16-28-48-38(42)8-3)40(44)50-36-24-25-37(31(5)30-36)51-41(45)33-19-22-35(23-20-33)47-27-15-11-13-17-29-49-39(43)9-4/h6-9,18-25,30H,3-4,10-17,26-29H2,1-2,5H3/b21-18-,32-6+,34-7+. The molecule has 0 spiro atoms. The van der Waals surface area contributed by atoms with Gasteiger partial charge in [-0.15, -0.1) is 0 Å². The van der Waals surface area contributed by atoms with Gasteiger partial charge in [0.15, 0.2) is 0 Å². The number of carbonyl (C=O) groups is 4. The zero-order valence-electron chi connectivity index (χ0n) is 30.0. The number of carbonyl (C=O) groups excluding carboxylic acids is 4. The summed E-state index contributed by atoms with van der Waals surface area (Å²) < 4.78 is 32.7. The van der Waals surface area contributed by atoms with E-state index in [9.17, 15) is 19.2 Å². The van der Waals surface area contributed by atoms with Gasteiger partial charge in [0.2, 0.25) is 0 Å². The highest BCUT2D eigenvalue weighted by Crippen LogP contribution is 2.25. The molecule has 10 nitrogen and oxygen atoms in total. The number of hydrogen-bond acceptors (Lipinski definition) is 10. The molecule has 274 valence electrons. The van der Waals surface area contributed by atoms with Crippen molar-refractivity contribution in [2.45, 2.75) is 72.1 Å². The van der Waals surface area contributed by atoms with Crippen molar-refractivity contribution in [1.29, 1.82) is 0 Å². The Morgan fingerprint density at radius 2 is 1.18 bits per heavy atom. The largest absolute Gasteiger partial charge is 0.494 e. The Morgan fingerprint density at radius 3 is 1.71 bits per heavy atom. The van der Waals surface area contributed by atoms with Crippen LogP contribution in [0.3, 0.4) is 0 Å². The van der Waals surface area contributed by atoms with Crippen LogP contribution in [0.1, 0.15) is 81.1 Å². The lowest BCUT2D eigenvalue weighted by molar-refractivity contribution is -0.138. The van der Waals surface area contributed by atoms with E-state index in [1.54, 1.807) is 74.5 Å². The number of rotatable bonds is 24. The number of aryl methyl sites for hydroxylation is 1. The van der Waals surface area contributed by atoms with E-state index in [-0.39, 0.29) is 0 Å². The summed E-state index contributed by atoms with van der Waals surface area (Å²) in [7, 11) is 0. The Kier molecular flexibility index (Phi) is 20.2. The molecule has 0 aliphatic rings. The minimum atomic E-state index is -0.542. The zero-order chi connectivity index (χ0) is 37.3. The minimum Gasteiger partial charge on any atom is -0.494 e. The first-order valence-corrected chi connectivity index (χ1v) is 17.2. The van der Waals surface area contributed by atoms with Gasteiger partial charge in [0.05, 0.1) is 37.6 Å². The number of hydrogen-bond donors (Lipinski definition) is 0. The van der Waals surface area contributed by atoms with Gasteiger partial charge in [-0.25, -0.2) is 19.2 Å². The molecule has 0 amide bonds. The van der Waals surface area contributed by atoms with Gasteiger partial charge in [0.1, 0.15) is 23.0 Å². The van der Waals surface area contributed by atoms with Gasteiger partial charge in [-0.3, -0.25) is 0 Å². The second kappa shape index (κ2) is 24.7. The molecule has 0 aliphatic heterocycles. The quantitative estimate of drug-likeness (QED) is 0.0263. The third-order valence-electron chi connectivity index (χ3n) is 7.34. The van der Waals surface area contributed by atoms with E-state index in [1.165, 1.54) is 0 Å². The van der Waals surface area contributed by atoms with Crippen molar-refractivity contribution in [2.24, 2.45) is 0 Å². The first-order chi connectivity index (χ1) is 24.7. The first kappa shape index (κ1) is 41.8. The molecule has 0 fully saturated rings. The summed E-state index contributed by atoms with van der Waals surface area (Å²) in [6.07, 6.45) is 16.1. The normalized spacial score (nSPS) is 11.4. The average molecular weight is 703 g/mol. The van der Waals surface area contributed by atoms with E-state index in [1.807, 2.05) is 13.0 Å². The fraction of sp³-hybridized carbons (Fsp3) is 0.366. The molecule has 2 aromatic rings. The van der Waals surface area contributed by atoms with Crippen LogP contribution in [0, 0.1) is 6.92 Å². The molecule has 51 heavy (non-hydrogen) atoms. The van der Waals surface area contributed by atoms with Crippen LogP contribution < -0.4 is 14.2 Å². The monoisotopic (exact) mass is 702 g/mol. The van der Waals surface area contributed by atoms with Crippen LogP contribution in [0.15, 0.2) is 103 Å². The van der Waals surface area contributed by atoms with Gasteiger partial charge < -0.3 is 28.4 Å². The number of esters is 4. The third kappa shape index (κ3) is 17.2. The summed E-state index contributed by atoms with van der Waals surface area (Å²) in [6.45, 7) is 13.9. The fourth-order valence-electron chi connectivity index (χ4n) is 4.45. The molecule has 0 aromatic heterocycles. The van der Waals surface area contributed by atoms with Gasteiger partial charge in [-0.2, -0.15) is 0 Å². The van der Waals surface area contributed by atoms with Crippen molar-refractivity contribution in [3.63, 3.8) is 0 Å². The maximum atomic E-state index is 12.9. The molecule has 0 saturated heterocycles. The fourth-order valence-corrected chi connectivity index (χ4v) is 4.45. The van der Waals surface area contributed by atoms with Crippen LogP contribution in [0.2, 0.25) is 0 Å². The van der Waals surface area contributed by atoms with Gasteiger partial charge in [-0.05, 0) is 138 Å². The number of ether oxygens (including phenoxy) is 6. The highest BCUT2D eigenvalue weighted by molar-refractivity contribution is 5.93. The summed E-state index contributed by atoms with van der Waals surface area (Å²) in [6, 6.07) is 11.5. The van der Waals surface area contributed by atoms with Gasteiger partial charge >= 0.3 is 23.9 Å². The average Bonchev–Trinajstić information content (AvgIpc) is 3.14. The van der Waals surface area contributed by atoms with E-state index in [0.717, 1.165) is 63.5 Å². The van der Waals surface area contributed by atoms with Crippen LogP contribution in [0.4, 0.5) is 0 Å². The van der Waals surface area contributed by atoms with E-state index >= 15 is 0 Å². The maximum Gasteiger partial charge on any atom is 0.343 e. The molecule has 0 atom stereocenters. The molecule has 0 bridgehead atoms. The zero-order valence-corrected chi connectivity index (χ0v) is 30.0. The second-order valence-corrected chi connectivity index (χ2v) is 11.3. The Morgan fingerprint density at radius 1 is 0.627 bits per heavy atom. The molecule has 2 aromatic carbocycles. The summed E-state index contributed by atoms with van der Waals surface area (Å²) in [5, 5.41) is 0. The Bertz CT molecular complexity index is 1530. The molecule has 0 radical (unpaired) electrons. The molecular formula is C41H50O10.